The maximum atomic E-state index is 12.2. The van der Waals surface area contributed by atoms with Crippen molar-refractivity contribution in [1.82, 2.24) is 0 Å². The number of benzene rings is 2. The van der Waals surface area contributed by atoms with Crippen molar-refractivity contribution < 1.29 is 24.3 Å². The van der Waals surface area contributed by atoms with Gasteiger partial charge in [-0.2, -0.15) is 0 Å². The summed E-state index contributed by atoms with van der Waals surface area (Å²) < 4.78 is 0. The highest BCUT2D eigenvalue weighted by atomic mass is 16.4. The van der Waals surface area contributed by atoms with E-state index < -0.39 is 29.7 Å². The number of carboxylic acid groups (broad SMARTS) is 1. The van der Waals surface area contributed by atoms with E-state index >= 15 is 0 Å². The summed E-state index contributed by atoms with van der Waals surface area (Å²) in [5.41, 5.74) is 11.1. The van der Waals surface area contributed by atoms with Crippen molar-refractivity contribution >= 4 is 35.1 Å². The lowest BCUT2D eigenvalue weighted by molar-refractivity contribution is -0.123. The molecule has 0 aliphatic carbocycles. The summed E-state index contributed by atoms with van der Waals surface area (Å²) >= 11 is 0. The molecule has 140 valence electrons. The van der Waals surface area contributed by atoms with Crippen molar-refractivity contribution in [2.45, 2.75) is 12.5 Å². The minimum absolute atomic E-state index is 0.100. The van der Waals surface area contributed by atoms with Crippen LogP contribution in [0.1, 0.15) is 27.1 Å². The maximum absolute atomic E-state index is 12.2. The average Bonchev–Trinajstić information content (AvgIpc) is 2.61. The van der Waals surface area contributed by atoms with E-state index in [1.165, 1.54) is 18.2 Å². The van der Waals surface area contributed by atoms with E-state index in [1.54, 1.807) is 30.3 Å². The fourth-order valence-electron chi connectivity index (χ4n) is 2.23. The van der Waals surface area contributed by atoms with Crippen LogP contribution in [0.2, 0.25) is 0 Å². The first-order valence-corrected chi connectivity index (χ1v) is 7.86. The van der Waals surface area contributed by atoms with Crippen molar-refractivity contribution in [3.8, 4) is 0 Å². The summed E-state index contributed by atoms with van der Waals surface area (Å²) in [5.74, 6) is -3.15. The van der Waals surface area contributed by atoms with Gasteiger partial charge in [-0.1, -0.05) is 18.2 Å². The molecule has 1 atom stereocenters. The Morgan fingerprint density at radius 3 is 2.07 bits per heavy atom. The molecule has 0 aliphatic rings. The number of anilines is 2. The van der Waals surface area contributed by atoms with Gasteiger partial charge in [0, 0.05) is 16.9 Å². The van der Waals surface area contributed by atoms with Crippen LogP contribution in [-0.4, -0.2) is 34.8 Å². The molecule has 3 amide bonds. The van der Waals surface area contributed by atoms with Crippen LogP contribution in [0.5, 0.6) is 0 Å². The predicted molar refractivity (Wildman–Crippen MR) is 98.2 cm³/mol. The van der Waals surface area contributed by atoms with Crippen LogP contribution in [0.25, 0.3) is 0 Å². The van der Waals surface area contributed by atoms with Gasteiger partial charge >= 0.3 is 5.97 Å². The van der Waals surface area contributed by atoms with Crippen LogP contribution in [0.3, 0.4) is 0 Å². The zero-order valence-electron chi connectivity index (χ0n) is 14.1. The summed E-state index contributed by atoms with van der Waals surface area (Å²) in [6, 6.07) is 11.0. The van der Waals surface area contributed by atoms with Gasteiger partial charge in [-0.3, -0.25) is 14.4 Å². The summed E-state index contributed by atoms with van der Waals surface area (Å²) in [4.78, 5) is 46.4. The number of carbonyl (C=O) groups is 4. The Labute approximate surface area is 154 Å². The average molecular weight is 370 g/mol. The largest absolute Gasteiger partial charge is 0.478 e. The Balaban J connectivity index is 2.23. The van der Waals surface area contributed by atoms with Crippen LogP contribution >= 0.6 is 0 Å². The summed E-state index contributed by atoms with van der Waals surface area (Å²) in [6.45, 7) is 0. The third-order valence-electron chi connectivity index (χ3n) is 3.50. The highest BCUT2D eigenvalue weighted by molar-refractivity contribution is 6.06. The Hall–Kier alpha value is -3.72. The first-order chi connectivity index (χ1) is 12.8. The number of primary amides is 1. The molecule has 2 rings (SSSR count). The zero-order valence-corrected chi connectivity index (χ0v) is 14.1. The van der Waals surface area contributed by atoms with Crippen molar-refractivity contribution in [3.05, 3.63) is 59.7 Å². The molecule has 0 saturated heterocycles. The zero-order chi connectivity index (χ0) is 20.0. The molecule has 27 heavy (non-hydrogen) atoms. The number of hydrogen-bond acceptors (Lipinski definition) is 5. The van der Waals surface area contributed by atoms with E-state index in [1.807, 2.05) is 0 Å². The Morgan fingerprint density at radius 1 is 0.926 bits per heavy atom. The monoisotopic (exact) mass is 370 g/mol. The normalized spacial score (nSPS) is 11.3. The first kappa shape index (κ1) is 19.6. The lowest BCUT2D eigenvalue weighted by atomic mass is 10.1. The number of aromatic carboxylic acids is 1. The molecule has 0 radical (unpaired) electrons. The second kappa shape index (κ2) is 8.59. The molecule has 7 N–H and O–H groups in total. The van der Waals surface area contributed by atoms with Gasteiger partial charge in [0.05, 0.1) is 18.0 Å². The molecule has 0 heterocycles. The number of nitrogens with two attached hydrogens (primary N) is 2. The maximum Gasteiger partial charge on any atom is 0.335 e. The number of rotatable bonds is 7. The van der Waals surface area contributed by atoms with Crippen LogP contribution in [0, 0.1) is 0 Å². The molecule has 0 saturated carbocycles. The van der Waals surface area contributed by atoms with E-state index in [-0.39, 0.29) is 23.4 Å². The lowest BCUT2D eigenvalue weighted by Gasteiger charge is -2.13. The molecule has 1 unspecified atom stereocenters. The Bertz CT molecular complexity index is 883. The number of carbonyl (C=O) groups excluding carboxylic acids is 3. The third-order valence-corrected chi connectivity index (χ3v) is 3.50. The molecule has 0 aliphatic heterocycles. The van der Waals surface area contributed by atoms with Crippen LogP contribution < -0.4 is 22.1 Å². The minimum atomic E-state index is -1.25. The second-order valence-electron chi connectivity index (χ2n) is 5.69. The van der Waals surface area contributed by atoms with Gasteiger partial charge in [0.2, 0.25) is 11.8 Å². The van der Waals surface area contributed by atoms with E-state index in [0.717, 1.165) is 0 Å². The van der Waals surface area contributed by atoms with Gasteiger partial charge in [0.25, 0.3) is 5.91 Å². The topological polar surface area (TPSA) is 165 Å². The molecule has 9 nitrogen and oxygen atoms in total. The molecule has 0 fully saturated rings. The highest BCUT2D eigenvalue weighted by Gasteiger charge is 2.17. The van der Waals surface area contributed by atoms with E-state index in [0.29, 0.717) is 5.56 Å². The van der Waals surface area contributed by atoms with E-state index in [2.05, 4.69) is 10.6 Å². The minimum Gasteiger partial charge on any atom is -0.478 e. The molecular formula is C18H18N4O5. The second-order valence-corrected chi connectivity index (χ2v) is 5.69. The first-order valence-electron chi connectivity index (χ1n) is 7.86. The Morgan fingerprint density at radius 2 is 1.52 bits per heavy atom. The van der Waals surface area contributed by atoms with Gasteiger partial charge in [-0.15, -0.1) is 0 Å². The number of nitrogens with one attached hydrogen (secondary N) is 2. The SMILES string of the molecule is NC(=O)CC(N)C(=O)Nc1cc(NC(=O)c2ccccc2)cc(C(=O)O)c1. The van der Waals surface area contributed by atoms with Gasteiger partial charge in [-0.05, 0) is 30.3 Å². The molecule has 0 spiro atoms. The van der Waals surface area contributed by atoms with E-state index in [4.69, 9.17) is 11.5 Å². The van der Waals surface area contributed by atoms with Gasteiger partial charge < -0.3 is 27.2 Å². The lowest BCUT2D eigenvalue weighted by Crippen LogP contribution is -2.39. The third kappa shape index (κ3) is 5.65. The van der Waals surface area contributed by atoms with Crippen molar-refractivity contribution in [3.63, 3.8) is 0 Å². The molecular weight excluding hydrogens is 352 g/mol. The summed E-state index contributed by atoms with van der Waals surface area (Å²) in [7, 11) is 0. The van der Waals surface area contributed by atoms with Crippen LogP contribution in [0.4, 0.5) is 11.4 Å². The van der Waals surface area contributed by atoms with Crippen molar-refractivity contribution in [2.24, 2.45) is 11.5 Å². The van der Waals surface area contributed by atoms with Gasteiger partial charge in [0.15, 0.2) is 0 Å². The summed E-state index contributed by atoms with van der Waals surface area (Å²) in [5, 5.41) is 14.2. The van der Waals surface area contributed by atoms with Gasteiger partial charge in [0.1, 0.15) is 0 Å². The Kier molecular flexibility index (Phi) is 6.23. The highest BCUT2D eigenvalue weighted by Crippen LogP contribution is 2.20. The molecule has 2 aromatic rings. The molecule has 2 aromatic carbocycles. The number of amides is 3. The predicted octanol–water partition coefficient (Wildman–Crippen LogP) is 0.778. The fourth-order valence-corrected chi connectivity index (χ4v) is 2.23. The fraction of sp³-hybridized carbons (Fsp3) is 0.111. The molecule has 0 bridgehead atoms. The van der Waals surface area contributed by atoms with E-state index in [9.17, 15) is 24.3 Å². The quantitative estimate of drug-likeness (QED) is 0.483. The van der Waals surface area contributed by atoms with Crippen LogP contribution in [-0.2, 0) is 9.59 Å². The number of hydrogen-bond donors (Lipinski definition) is 5. The van der Waals surface area contributed by atoms with Gasteiger partial charge in [-0.25, -0.2) is 4.79 Å². The smallest absolute Gasteiger partial charge is 0.335 e. The molecule has 9 heteroatoms. The number of carboxylic acids is 1. The molecule has 0 aromatic heterocycles. The van der Waals surface area contributed by atoms with Crippen molar-refractivity contribution in [2.75, 3.05) is 10.6 Å². The van der Waals surface area contributed by atoms with Crippen LogP contribution in [0.15, 0.2) is 48.5 Å². The standard InChI is InChI=1S/C18H18N4O5/c19-14(9-15(20)23)17(25)22-13-7-11(18(26)27)6-12(8-13)21-16(24)10-4-2-1-3-5-10/h1-8,14H,9,19H2,(H2,20,23)(H,21,24)(H,22,25)(H,26,27). The van der Waals surface area contributed by atoms with Crippen molar-refractivity contribution in [1.29, 1.82) is 0 Å². The summed E-state index contributed by atoms with van der Waals surface area (Å²) in [6.07, 6.45) is -0.359.